The van der Waals surface area contributed by atoms with Gasteiger partial charge in [-0.2, -0.15) is 0 Å². The van der Waals surface area contributed by atoms with Crippen LogP contribution in [0.2, 0.25) is 0 Å². The third-order valence-electron chi connectivity index (χ3n) is 2.82. The van der Waals surface area contributed by atoms with Crippen LogP contribution in [-0.4, -0.2) is 30.2 Å². The summed E-state index contributed by atoms with van der Waals surface area (Å²) < 4.78 is 22.8. The summed E-state index contributed by atoms with van der Waals surface area (Å²) in [4.78, 5) is 9.99. The average molecular weight is 276 g/mol. The van der Waals surface area contributed by atoms with Crippen molar-refractivity contribution in [1.29, 1.82) is 0 Å². The van der Waals surface area contributed by atoms with Crippen molar-refractivity contribution in [3.05, 3.63) is 39.9 Å². The van der Waals surface area contributed by atoms with Crippen LogP contribution >= 0.6 is 11.6 Å². The number of nitrogens with zero attached hydrogens (tertiary/aromatic N) is 1. The van der Waals surface area contributed by atoms with E-state index in [4.69, 9.17) is 11.6 Å². The van der Waals surface area contributed by atoms with E-state index < -0.39 is 20.1 Å². The first-order valence-electron chi connectivity index (χ1n) is 4.98. The van der Waals surface area contributed by atoms with Crippen molar-refractivity contribution in [2.24, 2.45) is 0 Å². The number of sulfone groups is 1. The first-order chi connectivity index (χ1) is 7.89. The van der Waals surface area contributed by atoms with E-state index in [2.05, 4.69) is 0 Å². The quantitative estimate of drug-likeness (QED) is 0.468. The van der Waals surface area contributed by atoms with Crippen LogP contribution in [0, 0.1) is 10.1 Å². The van der Waals surface area contributed by atoms with E-state index in [0.717, 1.165) is 5.56 Å². The van der Waals surface area contributed by atoms with E-state index in [-0.39, 0.29) is 23.1 Å². The summed E-state index contributed by atoms with van der Waals surface area (Å²) in [6.07, 6.45) is 0. The van der Waals surface area contributed by atoms with Crippen LogP contribution in [0.25, 0.3) is 0 Å². The number of rotatable bonds is 2. The summed E-state index contributed by atoms with van der Waals surface area (Å²) in [7, 11) is -3.09. The number of alkyl halides is 1. The Hall–Kier alpha value is -1.14. The normalized spacial score (nSPS) is 26.9. The van der Waals surface area contributed by atoms with Gasteiger partial charge >= 0.3 is 0 Å². The molecule has 0 aromatic heterocycles. The molecule has 2 atom stereocenters. The van der Waals surface area contributed by atoms with Crippen LogP contribution in [0.3, 0.4) is 0 Å². The highest BCUT2D eigenvalue weighted by atomic mass is 35.5. The number of halogens is 1. The Balaban J connectivity index is 2.27. The van der Waals surface area contributed by atoms with Gasteiger partial charge in [0.1, 0.15) is 0 Å². The fourth-order valence-corrected chi connectivity index (χ4v) is 4.69. The molecule has 0 N–H and O–H groups in total. The molecule has 1 heterocycles. The Labute approximate surface area is 103 Å². The highest BCUT2D eigenvalue weighted by molar-refractivity contribution is 7.91. The Bertz CT molecular complexity index is 540. The largest absolute Gasteiger partial charge is 0.269 e. The molecule has 2 unspecified atom stereocenters. The zero-order valence-corrected chi connectivity index (χ0v) is 10.3. The average Bonchev–Trinajstić information content (AvgIpc) is 2.52. The molecular weight excluding hydrogens is 266 g/mol. The maximum atomic E-state index is 11.4. The van der Waals surface area contributed by atoms with Crippen molar-refractivity contribution < 1.29 is 13.3 Å². The van der Waals surface area contributed by atoms with E-state index >= 15 is 0 Å². The molecule has 1 aromatic rings. The van der Waals surface area contributed by atoms with Crippen LogP contribution in [0.15, 0.2) is 24.3 Å². The second-order valence-electron chi connectivity index (χ2n) is 4.05. The minimum atomic E-state index is -3.09. The lowest BCUT2D eigenvalue weighted by Gasteiger charge is -2.11. The number of nitro groups is 1. The van der Waals surface area contributed by atoms with E-state index in [0.29, 0.717) is 0 Å². The topological polar surface area (TPSA) is 77.3 Å². The summed E-state index contributed by atoms with van der Waals surface area (Å²) in [5.41, 5.74) is 0.720. The molecule has 1 aromatic carbocycles. The fraction of sp³-hybridized carbons (Fsp3) is 0.400. The van der Waals surface area contributed by atoms with Gasteiger partial charge in [-0.05, 0) is 5.56 Å². The summed E-state index contributed by atoms with van der Waals surface area (Å²) in [5, 5.41) is 10.0. The van der Waals surface area contributed by atoms with Crippen molar-refractivity contribution in [3.8, 4) is 0 Å². The maximum absolute atomic E-state index is 11.4. The number of benzene rings is 1. The lowest BCUT2D eigenvalue weighted by Crippen LogP contribution is -2.09. The van der Waals surface area contributed by atoms with E-state index in [9.17, 15) is 18.5 Å². The van der Waals surface area contributed by atoms with Crippen LogP contribution in [0.5, 0.6) is 0 Å². The zero-order valence-electron chi connectivity index (χ0n) is 8.74. The lowest BCUT2D eigenvalue weighted by atomic mass is 9.98. The second kappa shape index (κ2) is 4.27. The third kappa shape index (κ3) is 2.58. The fourth-order valence-electron chi connectivity index (χ4n) is 1.95. The molecule has 17 heavy (non-hydrogen) atoms. The van der Waals surface area contributed by atoms with E-state index in [1.54, 1.807) is 12.1 Å². The van der Waals surface area contributed by atoms with Crippen molar-refractivity contribution in [2.45, 2.75) is 11.3 Å². The SMILES string of the molecule is O=[N+]([O-])c1ccc(C2CS(=O)(=O)CC2Cl)cc1. The van der Waals surface area contributed by atoms with Gasteiger partial charge in [0.15, 0.2) is 9.84 Å². The van der Waals surface area contributed by atoms with Crippen molar-refractivity contribution in [1.82, 2.24) is 0 Å². The monoisotopic (exact) mass is 275 g/mol. The third-order valence-corrected chi connectivity index (χ3v) is 5.19. The lowest BCUT2D eigenvalue weighted by molar-refractivity contribution is -0.384. The van der Waals surface area contributed by atoms with E-state index in [1.807, 2.05) is 0 Å². The van der Waals surface area contributed by atoms with Crippen LogP contribution in [-0.2, 0) is 9.84 Å². The summed E-state index contributed by atoms with van der Waals surface area (Å²) in [6, 6.07) is 5.87. The minimum Gasteiger partial charge on any atom is -0.258 e. The molecule has 1 aliphatic heterocycles. The summed E-state index contributed by atoms with van der Waals surface area (Å²) >= 11 is 5.99. The Morgan fingerprint density at radius 3 is 2.24 bits per heavy atom. The van der Waals surface area contributed by atoms with Crippen molar-refractivity contribution in [3.63, 3.8) is 0 Å². The minimum absolute atomic E-state index is 0.0129. The molecule has 0 saturated carbocycles. The smallest absolute Gasteiger partial charge is 0.258 e. The van der Waals surface area contributed by atoms with E-state index in [1.165, 1.54) is 12.1 Å². The van der Waals surface area contributed by atoms with Gasteiger partial charge in [0.2, 0.25) is 0 Å². The number of hydrogen-bond donors (Lipinski definition) is 0. The highest BCUT2D eigenvalue weighted by Crippen LogP contribution is 2.33. The standard InChI is InChI=1S/C10H10ClNO4S/c11-10-6-17(15,16)5-9(10)7-1-3-8(4-2-7)12(13)14/h1-4,9-10H,5-6H2. The van der Waals surface area contributed by atoms with Crippen molar-refractivity contribution in [2.75, 3.05) is 11.5 Å². The summed E-state index contributed by atoms with van der Waals surface area (Å²) in [5.74, 6) is -0.294. The molecule has 0 amide bonds. The predicted molar refractivity (Wildman–Crippen MR) is 64.1 cm³/mol. The molecule has 2 rings (SSSR count). The first-order valence-corrected chi connectivity index (χ1v) is 7.24. The van der Waals surface area contributed by atoms with Crippen LogP contribution in [0.1, 0.15) is 11.5 Å². The van der Waals surface area contributed by atoms with Gasteiger partial charge in [0, 0.05) is 18.1 Å². The van der Waals surface area contributed by atoms with Gasteiger partial charge < -0.3 is 0 Å². The highest BCUT2D eigenvalue weighted by Gasteiger charge is 2.37. The number of hydrogen-bond acceptors (Lipinski definition) is 4. The Kier molecular flexibility index (Phi) is 3.09. The molecule has 92 valence electrons. The van der Waals surface area contributed by atoms with Gasteiger partial charge in [0.25, 0.3) is 5.69 Å². The Morgan fingerprint density at radius 2 is 1.82 bits per heavy atom. The predicted octanol–water partition coefficient (Wildman–Crippen LogP) is 1.71. The molecule has 5 nitrogen and oxygen atoms in total. The van der Waals surface area contributed by atoms with Crippen LogP contribution in [0.4, 0.5) is 5.69 Å². The molecule has 0 aliphatic carbocycles. The number of non-ortho nitro benzene ring substituents is 1. The first kappa shape index (κ1) is 12.3. The van der Waals surface area contributed by atoms with Gasteiger partial charge in [-0.25, -0.2) is 8.42 Å². The number of nitro benzene ring substituents is 1. The Morgan fingerprint density at radius 1 is 1.24 bits per heavy atom. The van der Waals surface area contributed by atoms with Crippen LogP contribution < -0.4 is 0 Å². The van der Waals surface area contributed by atoms with Gasteiger partial charge in [-0.1, -0.05) is 12.1 Å². The van der Waals surface area contributed by atoms with Gasteiger partial charge in [0.05, 0.1) is 21.8 Å². The molecule has 1 fully saturated rings. The molecule has 0 radical (unpaired) electrons. The molecule has 0 bridgehead atoms. The molecule has 7 heteroatoms. The van der Waals surface area contributed by atoms with Gasteiger partial charge in [-0.15, -0.1) is 11.6 Å². The van der Waals surface area contributed by atoms with Gasteiger partial charge in [-0.3, -0.25) is 10.1 Å². The maximum Gasteiger partial charge on any atom is 0.269 e. The van der Waals surface area contributed by atoms with Crippen molar-refractivity contribution >= 4 is 27.1 Å². The molecule has 0 spiro atoms. The summed E-state index contributed by atoms with van der Waals surface area (Å²) in [6.45, 7) is 0. The second-order valence-corrected chi connectivity index (χ2v) is 6.76. The zero-order chi connectivity index (χ0) is 12.6. The molecular formula is C10H10ClNO4S. The molecule has 1 aliphatic rings. The molecule has 1 saturated heterocycles.